The van der Waals surface area contributed by atoms with Crippen molar-refractivity contribution in [2.75, 3.05) is 0 Å². The van der Waals surface area contributed by atoms with Crippen molar-refractivity contribution >= 4 is 17.6 Å². The molecule has 0 radical (unpaired) electrons. The summed E-state index contributed by atoms with van der Waals surface area (Å²) in [6, 6.07) is 7.21. The number of aldehydes is 1. The number of aromatic hydroxyl groups is 1. The highest BCUT2D eigenvalue weighted by atomic mass is 32.1. The zero-order chi connectivity index (χ0) is 11.4. The third-order valence-electron chi connectivity index (χ3n) is 2.22. The monoisotopic (exact) mass is 233 g/mol. The highest BCUT2D eigenvalue weighted by Gasteiger charge is 2.05. The topological polar surface area (TPSA) is 50.2 Å². The molecule has 16 heavy (non-hydrogen) atoms. The van der Waals surface area contributed by atoms with Crippen molar-refractivity contribution in [2.45, 2.75) is 12.8 Å². The first-order chi connectivity index (χ1) is 7.79. The predicted octanol–water partition coefficient (Wildman–Crippen LogP) is 2.18. The molecule has 0 saturated heterocycles. The Kier molecular flexibility index (Phi) is 3.31. The van der Waals surface area contributed by atoms with Gasteiger partial charge in [-0.3, -0.25) is 0 Å². The molecule has 0 amide bonds. The molecule has 1 aromatic heterocycles. The molecule has 1 heterocycles. The first kappa shape index (κ1) is 10.8. The van der Waals surface area contributed by atoms with Crippen LogP contribution >= 0.6 is 11.3 Å². The molecule has 3 nitrogen and oxygen atoms in total. The van der Waals surface area contributed by atoms with Crippen molar-refractivity contribution in [1.29, 1.82) is 0 Å². The van der Waals surface area contributed by atoms with Crippen LogP contribution in [0.2, 0.25) is 0 Å². The Morgan fingerprint density at radius 2 is 2.19 bits per heavy atom. The molecule has 0 fully saturated rings. The van der Waals surface area contributed by atoms with Gasteiger partial charge in [0.05, 0.1) is 5.01 Å². The largest absolute Gasteiger partial charge is 0.508 e. The number of hydrogen-bond acceptors (Lipinski definition) is 4. The average molecular weight is 233 g/mol. The third-order valence-corrected chi connectivity index (χ3v) is 3.24. The maximum absolute atomic E-state index is 10.3. The summed E-state index contributed by atoms with van der Waals surface area (Å²) in [6.45, 7) is 0. The van der Waals surface area contributed by atoms with E-state index in [4.69, 9.17) is 0 Å². The molecule has 82 valence electrons. The van der Waals surface area contributed by atoms with Gasteiger partial charge in [0.25, 0.3) is 0 Å². The number of phenols is 1. The van der Waals surface area contributed by atoms with Crippen molar-refractivity contribution in [2.24, 2.45) is 0 Å². The second-order valence-corrected chi connectivity index (χ2v) is 4.60. The summed E-state index contributed by atoms with van der Waals surface area (Å²) in [5, 5.41) is 10.5. The minimum Gasteiger partial charge on any atom is -0.508 e. The molecule has 2 rings (SSSR count). The Balaban J connectivity index is 2.14. The summed E-state index contributed by atoms with van der Waals surface area (Å²) < 4.78 is 0. The minimum absolute atomic E-state index is 0.287. The number of para-hydroxylation sites is 1. The van der Waals surface area contributed by atoms with E-state index < -0.39 is 0 Å². The van der Waals surface area contributed by atoms with Crippen molar-refractivity contribution in [3.63, 3.8) is 0 Å². The van der Waals surface area contributed by atoms with Crippen LogP contribution in [-0.4, -0.2) is 16.4 Å². The summed E-state index contributed by atoms with van der Waals surface area (Å²) in [6.07, 6.45) is 3.61. The Labute approximate surface area is 97.4 Å². The molecule has 1 aromatic carbocycles. The van der Waals surface area contributed by atoms with Crippen molar-refractivity contribution in [1.82, 2.24) is 4.98 Å². The second kappa shape index (κ2) is 4.90. The molecule has 0 unspecified atom stereocenters. The summed E-state index contributed by atoms with van der Waals surface area (Å²) >= 11 is 1.51. The third kappa shape index (κ3) is 2.46. The van der Waals surface area contributed by atoms with Crippen molar-refractivity contribution < 1.29 is 9.90 Å². The SMILES string of the molecule is O=CCc1cnc(Cc2ccccc2O)s1. The van der Waals surface area contributed by atoms with Gasteiger partial charge in [0.1, 0.15) is 12.0 Å². The van der Waals surface area contributed by atoms with E-state index in [1.54, 1.807) is 18.3 Å². The lowest BCUT2D eigenvalue weighted by molar-refractivity contribution is -0.107. The van der Waals surface area contributed by atoms with Gasteiger partial charge in [-0.05, 0) is 6.07 Å². The smallest absolute Gasteiger partial charge is 0.125 e. The molecular weight excluding hydrogens is 222 g/mol. The summed E-state index contributed by atoms with van der Waals surface area (Å²) in [4.78, 5) is 15.5. The van der Waals surface area contributed by atoms with Gasteiger partial charge in [0.15, 0.2) is 0 Å². The molecular formula is C12H11NO2S. The molecule has 0 aliphatic carbocycles. The fraction of sp³-hybridized carbons (Fsp3) is 0.167. The molecule has 0 bridgehead atoms. The number of rotatable bonds is 4. The van der Waals surface area contributed by atoms with Gasteiger partial charge < -0.3 is 9.90 Å². The Morgan fingerprint density at radius 3 is 2.94 bits per heavy atom. The van der Waals surface area contributed by atoms with Gasteiger partial charge >= 0.3 is 0 Å². The standard InChI is InChI=1S/C12H11NO2S/c14-6-5-10-8-13-12(16-10)7-9-3-1-2-4-11(9)15/h1-4,6,8,15H,5,7H2. The zero-order valence-electron chi connectivity index (χ0n) is 8.59. The maximum Gasteiger partial charge on any atom is 0.125 e. The number of carbonyl (C=O) groups is 1. The van der Waals surface area contributed by atoms with Gasteiger partial charge in [-0.15, -0.1) is 11.3 Å². The molecule has 0 saturated carbocycles. The Bertz CT molecular complexity index is 493. The lowest BCUT2D eigenvalue weighted by Gasteiger charge is -2.00. The van der Waals surface area contributed by atoms with Crippen molar-refractivity contribution in [3.8, 4) is 5.75 Å². The molecule has 0 spiro atoms. The zero-order valence-corrected chi connectivity index (χ0v) is 9.41. The van der Waals surface area contributed by atoms with E-state index in [-0.39, 0.29) is 5.75 Å². The molecule has 4 heteroatoms. The first-order valence-corrected chi connectivity index (χ1v) is 5.75. The van der Waals surface area contributed by atoms with Gasteiger partial charge in [-0.1, -0.05) is 18.2 Å². The van der Waals surface area contributed by atoms with E-state index in [1.807, 2.05) is 12.1 Å². The van der Waals surface area contributed by atoms with Crippen LogP contribution < -0.4 is 0 Å². The van der Waals surface area contributed by atoms with Crippen LogP contribution in [0.15, 0.2) is 30.5 Å². The van der Waals surface area contributed by atoms with Crippen LogP contribution in [0.3, 0.4) is 0 Å². The number of thiazole rings is 1. The number of nitrogens with zero attached hydrogens (tertiary/aromatic N) is 1. The van der Waals surface area contributed by atoms with Crippen LogP contribution in [0.25, 0.3) is 0 Å². The Hall–Kier alpha value is -1.68. The number of carbonyl (C=O) groups excluding carboxylic acids is 1. The average Bonchev–Trinajstić information content (AvgIpc) is 2.70. The highest BCUT2D eigenvalue weighted by Crippen LogP contribution is 2.22. The first-order valence-electron chi connectivity index (χ1n) is 4.93. The van der Waals surface area contributed by atoms with Gasteiger partial charge in [0.2, 0.25) is 0 Å². The second-order valence-electron chi connectivity index (χ2n) is 3.40. The van der Waals surface area contributed by atoms with Gasteiger partial charge in [-0.25, -0.2) is 4.98 Å². The summed E-state index contributed by atoms with van der Waals surface area (Å²) in [7, 11) is 0. The van der Waals surface area contributed by atoms with Gasteiger partial charge in [-0.2, -0.15) is 0 Å². The maximum atomic E-state index is 10.3. The Morgan fingerprint density at radius 1 is 1.38 bits per heavy atom. The number of hydrogen-bond donors (Lipinski definition) is 1. The lowest BCUT2D eigenvalue weighted by Crippen LogP contribution is -1.86. The number of phenolic OH excluding ortho intramolecular Hbond substituents is 1. The normalized spacial score (nSPS) is 10.2. The van der Waals surface area contributed by atoms with E-state index in [9.17, 15) is 9.90 Å². The van der Waals surface area contributed by atoms with E-state index in [0.29, 0.717) is 12.8 Å². The van der Waals surface area contributed by atoms with Crippen molar-refractivity contribution in [3.05, 3.63) is 45.9 Å². The summed E-state index contributed by atoms with van der Waals surface area (Å²) in [5.41, 5.74) is 0.856. The number of aromatic nitrogens is 1. The van der Waals surface area contributed by atoms with E-state index in [1.165, 1.54) is 11.3 Å². The fourth-order valence-electron chi connectivity index (χ4n) is 1.43. The van der Waals surface area contributed by atoms with Crippen LogP contribution in [0.1, 0.15) is 15.4 Å². The van der Waals surface area contributed by atoms with E-state index >= 15 is 0 Å². The lowest BCUT2D eigenvalue weighted by atomic mass is 10.1. The fourth-order valence-corrected chi connectivity index (χ4v) is 2.32. The molecule has 0 aliphatic rings. The van der Waals surface area contributed by atoms with Crippen LogP contribution in [0.5, 0.6) is 5.75 Å². The van der Waals surface area contributed by atoms with Crippen LogP contribution in [0.4, 0.5) is 0 Å². The number of benzene rings is 1. The molecule has 2 aromatic rings. The molecule has 0 aliphatic heterocycles. The quantitative estimate of drug-likeness (QED) is 0.823. The predicted molar refractivity (Wildman–Crippen MR) is 62.8 cm³/mol. The van der Waals surface area contributed by atoms with E-state index in [2.05, 4.69) is 4.98 Å². The van der Waals surface area contributed by atoms with Crippen LogP contribution in [0, 0.1) is 0 Å². The van der Waals surface area contributed by atoms with Gasteiger partial charge in [0, 0.05) is 29.5 Å². The molecule has 0 atom stereocenters. The minimum atomic E-state index is 0.287. The van der Waals surface area contributed by atoms with Crippen LogP contribution in [-0.2, 0) is 17.6 Å². The molecule has 1 N–H and O–H groups in total. The van der Waals surface area contributed by atoms with E-state index in [0.717, 1.165) is 21.7 Å². The highest BCUT2D eigenvalue weighted by molar-refractivity contribution is 7.11. The summed E-state index contributed by atoms with van der Waals surface area (Å²) in [5.74, 6) is 0.287.